The molecule has 5 nitrogen and oxygen atoms in total. The fourth-order valence-electron chi connectivity index (χ4n) is 3.45. The van der Waals surface area contributed by atoms with Gasteiger partial charge < -0.3 is 10.5 Å². The lowest BCUT2D eigenvalue weighted by molar-refractivity contribution is -0.123. The van der Waals surface area contributed by atoms with Gasteiger partial charge in [-0.3, -0.25) is 9.69 Å². The molecule has 0 radical (unpaired) electrons. The van der Waals surface area contributed by atoms with Crippen molar-refractivity contribution >= 4 is 12.0 Å². The fourth-order valence-corrected chi connectivity index (χ4v) is 3.45. The number of methoxy groups -OCH3 is 1. The maximum absolute atomic E-state index is 11.9. The smallest absolute Gasteiger partial charge is 0.410 e. The standard InChI is InChI=1S/C12H20N2O3/c1-11(2,3)12-6-7(12)5-8(9(13)15)14(12)10(16)17-4/h7-8H,5-6H2,1-4H3,(H2,13,15)/t7-,8-,12-/m0/s1. The molecule has 0 bridgehead atoms. The maximum atomic E-state index is 11.9. The van der Waals surface area contributed by atoms with Crippen LogP contribution < -0.4 is 5.73 Å². The van der Waals surface area contributed by atoms with Crippen molar-refractivity contribution in [1.82, 2.24) is 4.90 Å². The van der Waals surface area contributed by atoms with Crippen LogP contribution in [0, 0.1) is 11.3 Å². The van der Waals surface area contributed by atoms with Crippen molar-refractivity contribution in [2.75, 3.05) is 7.11 Å². The lowest BCUT2D eigenvalue weighted by Crippen LogP contribution is -2.55. The largest absolute Gasteiger partial charge is 0.453 e. The fraction of sp³-hybridized carbons (Fsp3) is 0.833. The highest BCUT2D eigenvalue weighted by Crippen LogP contribution is 2.66. The Kier molecular flexibility index (Phi) is 2.42. The van der Waals surface area contributed by atoms with Crippen LogP contribution in [0.1, 0.15) is 33.6 Å². The van der Waals surface area contributed by atoms with Crippen LogP contribution in [0.3, 0.4) is 0 Å². The number of rotatable bonds is 1. The van der Waals surface area contributed by atoms with E-state index in [1.54, 1.807) is 4.90 Å². The van der Waals surface area contributed by atoms with Gasteiger partial charge in [0.1, 0.15) is 6.04 Å². The number of carbonyl (C=O) groups excluding carboxylic acids is 2. The summed E-state index contributed by atoms with van der Waals surface area (Å²) >= 11 is 0. The zero-order chi connectivity index (χ0) is 13.0. The minimum atomic E-state index is -0.513. The second kappa shape index (κ2) is 3.37. The Hall–Kier alpha value is -1.26. The monoisotopic (exact) mass is 240 g/mol. The van der Waals surface area contributed by atoms with Gasteiger partial charge in [-0.25, -0.2) is 4.79 Å². The molecule has 2 fully saturated rings. The van der Waals surface area contributed by atoms with Crippen molar-refractivity contribution < 1.29 is 14.3 Å². The highest BCUT2D eigenvalue weighted by atomic mass is 16.5. The highest BCUT2D eigenvalue weighted by Gasteiger charge is 2.72. The molecule has 1 aliphatic carbocycles. The number of hydrogen-bond acceptors (Lipinski definition) is 3. The molecule has 2 aliphatic rings. The van der Waals surface area contributed by atoms with Crippen LogP contribution in [0.2, 0.25) is 0 Å². The maximum Gasteiger partial charge on any atom is 0.410 e. The molecule has 17 heavy (non-hydrogen) atoms. The van der Waals surface area contributed by atoms with E-state index in [0.717, 1.165) is 6.42 Å². The SMILES string of the molecule is COC(=O)N1[C@H](C(N)=O)C[C@H]2C[C@@]21C(C)(C)C. The number of hydrogen-bond donors (Lipinski definition) is 1. The number of primary amides is 1. The molecule has 3 atom stereocenters. The van der Waals surface area contributed by atoms with Gasteiger partial charge in [0.2, 0.25) is 5.91 Å². The first kappa shape index (κ1) is 12.2. The summed E-state index contributed by atoms with van der Waals surface area (Å²) in [6, 6.07) is -0.513. The summed E-state index contributed by atoms with van der Waals surface area (Å²) in [7, 11) is 1.34. The Morgan fingerprint density at radius 1 is 1.41 bits per heavy atom. The highest BCUT2D eigenvalue weighted by molar-refractivity contribution is 5.86. The molecule has 1 heterocycles. The molecule has 0 aromatic rings. The number of likely N-dealkylation sites (tertiary alicyclic amines) is 1. The van der Waals surface area contributed by atoms with Gasteiger partial charge >= 0.3 is 6.09 Å². The van der Waals surface area contributed by atoms with Gasteiger partial charge in [0.25, 0.3) is 0 Å². The molecule has 1 saturated carbocycles. The first-order valence-electron chi connectivity index (χ1n) is 5.92. The van der Waals surface area contributed by atoms with E-state index >= 15 is 0 Å². The second-order valence-electron chi connectivity index (χ2n) is 6.07. The van der Waals surface area contributed by atoms with E-state index in [-0.39, 0.29) is 11.0 Å². The summed E-state index contributed by atoms with van der Waals surface area (Å²) < 4.78 is 4.81. The van der Waals surface area contributed by atoms with Crippen LogP contribution in [0.4, 0.5) is 4.79 Å². The third kappa shape index (κ3) is 1.44. The molecular weight excluding hydrogens is 220 g/mol. The van der Waals surface area contributed by atoms with Gasteiger partial charge in [-0.15, -0.1) is 0 Å². The average Bonchev–Trinajstić information content (AvgIpc) is 2.84. The van der Waals surface area contributed by atoms with Crippen LogP contribution in [-0.2, 0) is 9.53 Å². The lowest BCUT2D eigenvalue weighted by Gasteiger charge is -2.39. The zero-order valence-corrected chi connectivity index (χ0v) is 10.8. The number of ether oxygens (including phenoxy) is 1. The molecule has 5 heteroatoms. The van der Waals surface area contributed by atoms with Gasteiger partial charge in [0, 0.05) is 0 Å². The van der Waals surface area contributed by atoms with E-state index in [1.807, 2.05) is 0 Å². The molecule has 1 aliphatic heterocycles. The number of nitrogens with two attached hydrogens (primary N) is 1. The van der Waals surface area contributed by atoms with E-state index in [1.165, 1.54) is 7.11 Å². The van der Waals surface area contributed by atoms with Crippen LogP contribution in [-0.4, -0.2) is 35.6 Å². The number of fused-ring (bicyclic) bond motifs is 1. The molecule has 2 amide bonds. The van der Waals surface area contributed by atoms with Gasteiger partial charge in [-0.05, 0) is 24.2 Å². The third-order valence-corrected chi connectivity index (χ3v) is 4.32. The molecule has 2 rings (SSSR count). The van der Waals surface area contributed by atoms with Crippen molar-refractivity contribution in [3.05, 3.63) is 0 Å². The average molecular weight is 240 g/mol. The minimum absolute atomic E-state index is 0.0734. The molecule has 0 aromatic heterocycles. The molecule has 2 N–H and O–H groups in total. The summed E-state index contributed by atoms with van der Waals surface area (Å²) in [6.45, 7) is 6.27. The van der Waals surface area contributed by atoms with E-state index in [0.29, 0.717) is 12.3 Å². The molecular formula is C12H20N2O3. The van der Waals surface area contributed by atoms with Gasteiger partial charge in [0.05, 0.1) is 12.6 Å². The Morgan fingerprint density at radius 2 is 2.00 bits per heavy atom. The molecule has 96 valence electrons. The van der Waals surface area contributed by atoms with Crippen molar-refractivity contribution in [2.45, 2.75) is 45.2 Å². The van der Waals surface area contributed by atoms with Crippen LogP contribution in [0.15, 0.2) is 0 Å². The number of nitrogens with zero attached hydrogens (tertiary/aromatic N) is 1. The minimum Gasteiger partial charge on any atom is -0.453 e. The third-order valence-electron chi connectivity index (χ3n) is 4.32. The zero-order valence-electron chi connectivity index (χ0n) is 10.8. The first-order valence-corrected chi connectivity index (χ1v) is 5.92. The first-order chi connectivity index (χ1) is 7.75. The molecule has 0 aromatic carbocycles. The van der Waals surface area contributed by atoms with Gasteiger partial charge in [0.15, 0.2) is 0 Å². The van der Waals surface area contributed by atoms with Crippen molar-refractivity contribution in [1.29, 1.82) is 0 Å². The molecule has 1 saturated heterocycles. The summed E-state index contributed by atoms with van der Waals surface area (Å²) in [5.41, 5.74) is 5.05. The van der Waals surface area contributed by atoms with E-state index in [9.17, 15) is 9.59 Å². The van der Waals surface area contributed by atoms with E-state index < -0.39 is 18.0 Å². The van der Waals surface area contributed by atoms with Crippen LogP contribution in [0.5, 0.6) is 0 Å². The Labute approximate surface area is 101 Å². The van der Waals surface area contributed by atoms with Gasteiger partial charge in [-0.2, -0.15) is 0 Å². The summed E-state index contributed by atoms with van der Waals surface area (Å²) in [5.74, 6) is -0.0645. The second-order valence-corrected chi connectivity index (χ2v) is 6.07. The Morgan fingerprint density at radius 3 is 2.41 bits per heavy atom. The van der Waals surface area contributed by atoms with Gasteiger partial charge in [-0.1, -0.05) is 20.8 Å². The summed E-state index contributed by atoms with van der Waals surface area (Å²) in [4.78, 5) is 24.9. The quantitative estimate of drug-likeness (QED) is 0.746. The van der Waals surface area contributed by atoms with Crippen LogP contribution in [0.25, 0.3) is 0 Å². The normalized spacial score (nSPS) is 35.4. The topological polar surface area (TPSA) is 72.6 Å². The number of piperidine rings is 1. The predicted molar refractivity (Wildman–Crippen MR) is 62.1 cm³/mol. The Bertz CT molecular complexity index is 374. The lowest BCUT2D eigenvalue weighted by atomic mass is 9.82. The van der Waals surface area contributed by atoms with E-state index in [4.69, 9.17) is 10.5 Å². The summed E-state index contributed by atoms with van der Waals surface area (Å²) in [5, 5.41) is 0. The Balaban J connectivity index is 2.37. The van der Waals surface area contributed by atoms with Crippen molar-refractivity contribution in [2.24, 2.45) is 17.1 Å². The van der Waals surface area contributed by atoms with E-state index in [2.05, 4.69) is 20.8 Å². The van der Waals surface area contributed by atoms with Crippen molar-refractivity contribution in [3.8, 4) is 0 Å². The van der Waals surface area contributed by atoms with Crippen LogP contribution >= 0.6 is 0 Å². The number of amides is 2. The summed E-state index contributed by atoms with van der Waals surface area (Å²) in [6.07, 6.45) is 1.17. The predicted octanol–water partition coefficient (Wildman–Crippen LogP) is 1.12. The molecule has 0 unspecified atom stereocenters. The number of carbonyl (C=O) groups is 2. The van der Waals surface area contributed by atoms with Crippen molar-refractivity contribution in [3.63, 3.8) is 0 Å². The molecule has 0 spiro atoms.